The predicted octanol–water partition coefficient (Wildman–Crippen LogP) is 1.41. The molecule has 1 aromatic rings. The molecule has 1 aliphatic heterocycles. The molecular weight excluding hydrogens is 280 g/mol. The maximum atomic E-state index is 10.1. The van der Waals surface area contributed by atoms with Gasteiger partial charge in [-0.3, -0.25) is 9.69 Å². The number of benzene rings is 1. The van der Waals surface area contributed by atoms with E-state index in [1.807, 2.05) is 12.1 Å². The van der Waals surface area contributed by atoms with Gasteiger partial charge in [0, 0.05) is 26.2 Å². The fraction of sp³-hybridized carbons (Fsp3) is 0.588. The van der Waals surface area contributed by atoms with Crippen LogP contribution in [0.5, 0.6) is 5.75 Å². The summed E-state index contributed by atoms with van der Waals surface area (Å²) in [7, 11) is 0. The Kier molecular flexibility index (Phi) is 7.19. The van der Waals surface area contributed by atoms with Crippen LogP contribution in [-0.2, 0) is 11.3 Å². The Bertz CT molecular complexity index is 453. The van der Waals surface area contributed by atoms with E-state index in [-0.39, 0.29) is 6.61 Å². The van der Waals surface area contributed by atoms with Crippen LogP contribution in [0.25, 0.3) is 0 Å². The van der Waals surface area contributed by atoms with Crippen molar-refractivity contribution in [2.75, 3.05) is 32.8 Å². The van der Waals surface area contributed by atoms with E-state index in [0.717, 1.165) is 44.6 Å². The van der Waals surface area contributed by atoms with Gasteiger partial charge in [-0.1, -0.05) is 12.1 Å². The Morgan fingerprint density at radius 3 is 3.18 bits per heavy atom. The number of aliphatic hydroxyl groups is 1. The van der Waals surface area contributed by atoms with Gasteiger partial charge in [0.2, 0.25) is 6.41 Å². The molecule has 1 saturated heterocycles. The summed E-state index contributed by atoms with van der Waals surface area (Å²) in [4.78, 5) is 12.5. The molecule has 0 radical (unpaired) electrons. The maximum absolute atomic E-state index is 10.1. The van der Waals surface area contributed by atoms with Gasteiger partial charge in [-0.25, -0.2) is 0 Å². The third-order valence-electron chi connectivity index (χ3n) is 3.98. The molecule has 1 unspecified atom stereocenters. The highest BCUT2D eigenvalue weighted by atomic mass is 16.5. The van der Waals surface area contributed by atoms with E-state index in [2.05, 4.69) is 22.3 Å². The molecule has 122 valence electrons. The summed E-state index contributed by atoms with van der Waals surface area (Å²) in [6, 6.07) is 8.17. The Balaban J connectivity index is 1.79. The maximum Gasteiger partial charge on any atom is 0.207 e. The van der Waals surface area contributed by atoms with E-state index in [1.54, 1.807) is 0 Å². The number of hydrogen-bond donors (Lipinski definition) is 2. The molecule has 22 heavy (non-hydrogen) atoms. The Morgan fingerprint density at radius 1 is 1.45 bits per heavy atom. The fourth-order valence-electron chi connectivity index (χ4n) is 2.86. The van der Waals surface area contributed by atoms with Crippen LogP contribution in [-0.4, -0.2) is 49.3 Å². The number of carbonyl (C=O) groups excluding carboxylic acids is 1. The minimum atomic E-state index is 0.286. The number of aliphatic hydroxyl groups excluding tert-OH is 1. The molecule has 2 rings (SSSR count). The lowest BCUT2D eigenvalue weighted by Crippen LogP contribution is -2.36. The van der Waals surface area contributed by atoms with Gasteiger partial charge in [-0.15, -0.1) is 0 Å². The van der Waals surface area contributed by atoms with Crippen molar-refractivity contribution in [1.29, 1.82) is 0 Å². The number of carbonyl (C=O) groups is 1. The average molecular weight is 306 g/mol. The third-order valence-corrected chi connectivity index (χ3v) is 3.98. The van der Waals surface area contributed by atoms with Gasteiger partial charge in [0.1, 0.15) is 5.75 Å². The highest BCUT2D eigenvalue weighted by Crippen LogP contribution is 2.20. The number of piperidine rings is 1. The summed E-state index contributed by atoms with van der Waals surface area (Å²) < 4.78 is 5.71. The summed E-state index contributed by atoms with van der Waals surface area (Å²) in [5.41, 5.74) is 1.24. The molecule has 1 fully saturated rings. The van der Waals surface area contributed by atoms with Gasteiger partial charge >= 0.3 is 0 Å². The Morgan fingerprint density at radius 2 is 2.36 bits per heavy atom. The van der Waals surface area contributed by atoms with Gasteiger partial charge in [-0.05, 0) is 49.4 Å². The van der Waals surface area contributed by atoms with Crippen LogP contribution >= 0.6 is 0 Å². The molecule has 5 heteroatoms. The number of amides is 1. The highest BCUT2D eigenvalue weighted by Gasteiger charge is 2.19. The first-order chi connectivity index (χ1) is 10.8. The van der Waals surface area contributed by atoms with Crippen LogP contribution in [0.3, 0.4) is 0 Å². The van der Waals surface area contributed by atoms with E-state index in [9.17, 15) is 9.90 Å². The zero-order chi connectivity index (χ0) is 15.6. The van der Waals surface area contributed by atoms with E-state index in [0.29, 0.717) is 25.5 Å². The average Bonchev–Trinajstić information content (AvgIpc) is 2.55. The molecule has 1 atom stereocenters. The molecule has 1 aromatic carbocycles. The monoisotopic (exact) mass is 306 g/mol. The number of nitrogens with one attached hydrogen (secondary N) is 1. The largest absolute Gasteiger partial charge is 0.494 e. The van der Waals surface area contributed by atoms with E-state index in [1.165, 1.54) is 5.56 Å². The number of likely N-dealkylation sites (tertiary alicyclic amines) is 1. The molecule has 0 aromatic heterocycles. The quantitative estimate of drug-likeness (QED) is 0.535. The zero-order valence-electron chi connectivity index (χ0n) is 13.0. The van der Waals surface area contributed by atoms with E-state index < -0.39 is 0 Å². The van der Waals surface area contributed by atoms with Crippen molar-refractivity contribution in [2.45, 2.75) is 25.8 Å². The van der Waals surface area contributed by atoms with Crippen molar-refractivity contribution in [2.24, 2.45) is 5.92 Å². The standard InChI is InChI=1S/C17H26N2O3/c20-13-16-5-2-8-19(12-16)11-15-4-1-6-17(10-15)22-9-3-7-18-14-21/h1,4,6,10,14,16,20H,2-3,5,7-9,11-13H2,(H,18,21). The molecule has 1 heterocycles. The van der Waals surface area contributed by atoms with Crippen molar-refractivity contribution < 1.29 is 14.6 Å². The van der Waals surface area contributed by atoms with Gasteiger partial charge < -0.3 is 15.2 Å². The lowest BCUT2D eigenvalue weighted by atomic mass is 9.98. The second-order valence-corrected chi connectivity index (χ2v) is 5.85. The first-order valence-electron chi connectivity index (χ1n) is 8.04. The predicted molar refractivity (Wildman–Crippen MR) is 85.7 cm³/mol. The van der Waals surface area contributed by atoms with Crippen LogP contribution in [0.15, 0.2) is 24.3 Å². The van der Waals surface area contributed by atoms with Gasteiger partial charge in [0.25, 0.3) is 0 Å². The summed E-state index contributed by atoms with van der Waals surface area (Å²) >= 11 is 0. The smallest absolute Gasteiger partial charge is 0.207 e. The summed E-state index contributed by atoms with van der Waals surface area (Å²) in [5.74, 6) is 1.29. The molecule has 5 nitrogen and oxygen atoms in total. The number of hydrogen-bond acceptors (Lipinski definition) is 4. The van der Waals surface area contributed by atoms with E-state index >= 15 is 0 Å². The highest BCUT2D eigenvalue weighted by molar-refractivity contribution is 5.45. The lowest BCUT2D eigenvalue weighted by molar-refractivity contribution is -0.109. The van der Waals surface area contributed by atoms with Crippen molar-refractivity contribution in [3.05, 3.63) is 29.8 Å². The minimum Gasteiger partial charge on any atom is -0.494 e. The minimum absolute atomic E-state index is 0.286. The third kappa shape index (κ3) is 5.66. The van der Waals surface area contributed by atoms with Gasteiger partial charge in [-0.2, -0.15) is 0 Å². The zero-order valence-corrected chi connectivity index (χ0v) is 13.0. The first-order valence-corrected chi connectivity index (χ1v) is 8.04. The van der Waals surface area contributed by atoms with Crippen molar-refractivity contribution in [3.63, 3.8) is 0 Å². The molecule has 1 aliphatic rings. The summed E-state index contributed by atoms with van der Waals surface area (Å²) in [6.45, 7) is 4.49. The number of rotatable bonds is 9. The normalized spacial score (nSPS) is 18.9. The van der Waals surface area contributed by atoms with Crippen molar-refractivity contribution in [1.82, 2.24) is 10.2 Å². The van der Waals surface area contributed by atoms with Crippen LogP contribution in [0.2, 0.25) is 0 Å². The first kappa shape index (κ1) is 16.8. The van der Waals surface area contributed by atoms with Crippen LogP contribution < -0.4 is 10.1 Å². The lowest BCUT2D eigenvalue weighted by Gasteiger charge is -2.31. The second kappa shape index (κ2) is 9.43. The van der Waals surface area contributed by atoms with Gasteiger partial charge in [0.15, 0.2) is 0 Å². The Hall–Kier alpha value is -1.59. The molecule has 0 saturated carbocycles. The Labute approximate surface area is 132 Å². The van der Waals surface area contributed by atoms with Crippen LogP contribution in [0.1, 0.15) is 24.8 Å². The van der Waals surface area contributed by atoms with Crippen molar-refractivity contribution >= 4 is 6.41 Å². The van der Waals surface area contributed by atoms with Crippen LogP contribution in [0.4, 0.5) is 0 Å². The summed E-state index contributed by atoms with van der Waals surface area (Å²) in [5, 5.41) is 11.9. The van der Waals surface area contributed by atoms with Crippen molar-refractivity contribution in [3.8, 4) is 5.75 Å². The molecular formula is C17H26N2O3. The molecule has 2 N–H and O–H groups in total. The summed E-state index contributed by atoms with van der Waals surface area (Å²) in [6.07, 6.45) is 3.79. The fourth-order valence-corrected chi connectivity index (χ4v) is 2.86. The van der Waals surface area contributed by atoms with Gasteiger partial charge in [0.05, 0.1) is 6.61 Å². The topological polar surface area (TPSA) is 61.8 Å². The second-order valence-electron chi connectivity index (χ2n) is 5.85. The number of ether oxygens (including phenoxy) is 1. The molecule has 1 amide bonds. The van der Waals surface area contributed by atoms with E-state index in [4.69, 9.17) is 4.74 Å². The molecule has 0 spiro atoms. The molecule has 0 bridgehead atoms. The number of nitrogens with zero attached hydrogens (tertiary/aromatic N) is 1. The molecule has 0 aliphatic carbocycles. The SMILES string of the molecule is O=CNCCCOc1cccc(CN2CCCC(CO)C2)c1. The van der Waals surface area contributed by atoms with Crippen LogP contribution in [0, 0.1) is 5.92 Å².